The highest BCUT2D eigenvalue weighted by Gasteiger charge is 2.34. The molecule has 0 N–H and O–H groups in total. The molecular weight excluding hydrogens is 303 g/mol. The summed E-state index contributed by atoms with van der Waals surface area (Å²) in [5.41, 5.74) is -0.321. The predicted octanol–water partition coefficient (Wildman–Crippen LogP) is 3.81. The SMILES string of the molecule is CC(C)(C)OC(=O)N1CCC(Oc2ccc(N=O)cc2)C(F)C1. The van der Waals surface area contributed by atoms with Crippen molar-refractivity contribution in [3.63, 3.8) is 0 Å². The lowest BCUT2D eigenvalue weighted by atomic mass is 10.1. The minimum Gasteiger partial charge on any atom is -0.487 e. The standard InChI is InChI=1S/C16H21FN2O4/c1-16(2,3)23-15(20)19-9-8-14(13(17)10-19)22-12-6-4-11(18-21)5-7-12/h4-7,13-14H,8-10H2,1-3H3. The average Bonchev–Trinajstić information content (AvgIpc) is 2.48. The fourth-order valence-electron chi connectivity index (χ4n) is 2.27. The molecule has 0 radical (unpaired) electrons. The Morgan fingerprint density at radius 3 is 2.48 bits per heavy atom. The number of rotatable bonds is 3. The molecule has 6 nitrogen and oxygen atoms in total. The summed E-state index contributed by atoms with van der Waals surface area (Å²) in [6, 6.07) is 6.16. The maximum Gasteiger partial charge on any atom is 0.410 e. The van der Waals surface area contributed by atoms with Crippen LogP contribution in [0.1, 0.15) is 27.2 Å². The van der Waals surface area contributed by atoms with Gasteiger partial charge in [-0.3, -0.25) is 0 Å². The molecule has 1 aromatic rings. The molecule has 1 aliphatic rings. The lowest BCUT2D eigenvalue weighted by Crippen LogP contribution is -2.50. The maximum atomic E-state index is 14.3. The highest BCUT2D eigenvalue weighted by Crippen LogP contribution is 2.24. The summed E-state index contributed by atoms with van der Waals surface area (Å²) in [5.74, 6) is 0.468. The molecule has 7 heteroatoms. The molecule has 1 fully saturated rings. The Morgan fingerprint density at radius 1 is 1.30 bits per heavy atom. The molecule has 0 spiro atoms. The third-order valence-corrected chi connectivity index (χ3v) is 3.36. The summed E-state index contributed by atoms with van der Waals surface area (Å²) in [6.45, 7) is 5.62. The van der Waals surface area contributed by atoms with E-state index in [4.69, 9.17) is 9.47 Å². The number of alkyl halides is 1. The number of carbonyl (C=O) groups excluding carboxylic acids is 1. The zero-order chi connectivity index (χ0) is 17.0. The summed E-state index contributed by atoms with van der Waals surface area (Å²) in [4.78, 5) is 23.7. The van der Waals surface area contributed by atoms with Crippen LogP contribution in [0.15, 0.2) is 29.4 Å². The molecule has 126 valence electrons. The van der Waals surface area contributed by atoms with Crippen molar-refractivity contribution in [3.05, 3.63) is 29.2 Å². The largest absolute Gasteiger partial charge is 0.487 e. The van der Waals surface area contributed by atoms with E-state index in [9.17, 15) is 14.1 Å². The van der Waals surface area contributed by atoms with Gasteiger partial charge in [0.05, 0.1) is 6.54 Å². The third kappa shape index (κ3) is 4.91. The van der Waals surface area contributed by atoms with Gasteiger partial charge in [-0.05, 0) is 50.2 Å². The summed E-state index contributed by atoms with van der Waals surface area (Å²) in [7, 11) is 0. The van der Waals surface area contributed by atoms with Crippen LogP contribution in [0.25, 0.3) is 0 Å². The number of piperidine rings is 1. The Hall–Kier alpha value is -2.18. The molecule has 1 saturated heterocycles. The average molecular weight is 324 g/mol. The first-order valence-corrected chi connectivity index (χ1v) is 7.50. The van der Waals surface area contributed by atoms with Crippen LogP contribution in [0.5, 0.6) is 5.75 Å². The number of benzene rings is 1. The zero-order valence-corrected chi connectivity index (χ0v) is 13.5. The van der Waals surface area contributed by atoms with Crippen LogP contribution in [-0.4, -0.2) is 42.0 Å². The second-order valence-electron chi connectivity index (χ2n) is 6.47. The second-order valence-corrected chi connectivity index (χ2v) is 6.47. The van der Waals surface area contributed by atoms with E-state index < -0.39 is 24.0 Å². The van der Waals surface area contributed by atoms with Crippen LogP contribution < -0.4 is 4.74 Å². The van der Waals surface area contributed by atoms with Gasteiger partial charge in [-0.25, -0.2) is 9.18 Å². The van der Waals surface area contributed by atoms with Gasteiger partial charge in [0.15, 0.2) is 6.17 Å². The van der Waals surface area contributed by atoms with E-state index in [1.807, 2.05) is 0 Å². The van der Waals surface area contributed by atoms with E-state index in [0.717, 1.165) is 0 Å². The molecule has 0 bridgehead atoms. The van der Waals surface area contributed by atoms with Crippen molar-refractivity contribution in [3.8, 4) is 5.75 Å². The Bertz CT molecular complexity index is 556. The van der Waals surface area contributed by atoms with E-state index in [1.165, 1.54) is 17.0 Å². The van der Waals surface area contributed by atoms with Crippen LogP contribution in [0.2, 0.25) is 0 Å². The quantitative estimate of drug-likeness (QED) is 0.793. The minimum absolute atomic E-state index is 0.0619. The van der Waals surface area contributed by atoms with Crippen LogP contribution in [-0.2, 0) is 4.74 Å². The highest BCUT2D eigenvalue weighted by atomic mass is 19.1. The van der Waals surface area contributed by atoms with E-state index in [0.29, 0.717) is 18.7 Å². The first-order valence-electron chi connectivity index (χ1n) is 7.50. The number of halogens is 1. The van der Waals surface area contributed by atoms with Gasteiger partial charge < -0.3 is 14.4 Å². The Labute approximate surface area is 134 Å². The molecular formula is C16H21FN2O4. The predicted molar refractivity (Wildman–Crippen MR) is 83.6 cm³/mol. The van der Waals surface area contributed by atoms with Gasteiger partial charge in [0.2, 0.25) is 0 Å². The lowest BCUT2D eigenvalue weighted by molar-refractivity contribution is -0.0105. The lowest BCUT2D eigenvalue weighted by Gasteiger charge is -2.35. The molecule has 0 saturated carbocycles. The van der Waals surface area contributed by atoms with Gasteiger partial charge in [0.1, 0.15) is 23.1 Å². The third-order valence-electron chi connectivity index (χ3n) is 3.36. The van der Waals surface area contributed by atoms with Gasteiger partial charge in [0.25, 0.3) is 0 Å². The minimum atomic E-state index is -1.31. The Kier molecular flexibility index (Phi) is 5.18. The molecule has 1 aromatic carbocycles. The number of nitrogens with zero attached hydrogens (tertiary/aromatic N) is 2. The molecule has 2 atom stereocenters. The number of ether oxygens (including phenoxy) is 2. The van der Waals surface area contributed by atoms with Crippen LogP contribution in [0.4, 0.5) is 14.9 Å². The molecule has 1 amide bonds. The van der Waals surface area contributed by atoms with Gasteiger partial charge in [-0.2, -0.15) is 0 Å². The normalized spacial score (nSPS) is 21.7. The van der Waals surface area contributed by atoms with E-state index in [-0.39, 0.29) is 12.2 Å². The molecule has 1 aliphatic heterocycles. The van der Waals surface area contributed by atoms with Gasteiger partial charge in [-0.15, -0.1) is 4.91 Å². The van der Waals surface area contributed by atoms with Crippen molar-refractivity contribution in [2.24, 2.45) is 5.18 Å². The van der Waals surface area contributed by atoms with Crippen molar-refractivity contribution >= 4 is 11.8 Å². The molecule has 23 heavy (non-hydrogen) atoms. The number of carbonyl (C=O) groups is 1. The monoisotopic (exact) mass is 324 g/mol. The maximum absolute atomic E-state index is 14.3. The van der Waals surface area contributed by atoms with Gasteiger partial charge in [0, 0.05) is 13.0 Å². The summed E-state index contributed by atoms with van der Waals surface area (Å²) >= 11 is 0. The molecule has 0 aromatic heterocycles. The molecule has 1 heterocycles. The molecule has 0 aliphatic carbocycles. The van der Waals surface area contributed by atoms with Crippen LogP contribution >= 0.6 is 0 Å². The van der Waals surface area contributed by atoms with E-state index in [1.54, 1.807) is 32.9 Å². The van der Waals surface area contributed by atoms with Crippen molar-refractivity contribution in [1.29, 1.82) is 0 Å². The highest BCUT2D eigenvalue weighted by molar-refractivity contribution is 5.68. The topological polar surface area (TPSA) is 68.2 Å². The first-order chi connectivity index (χ1) is 10.8. The number of likely N-dealkylation sites (tertiary alicyclic amines) is 1. The van der Waals surface area contributed by atoms with E-state index >= 15 is 0 Å². The first kappa shape index (κ1) is 17.2. The second kappa shape index (κ2) is 6.93. The number of hydrogen-bond acceptors (Lipinski definition) is 5. The van der Waals surface area contributed by atoms with Gasteiger partial charge >= 0.3 is 6.09 Å². The summed E-state index contributed by atoms with van der Waals surface area (Å²) in [6.07, 6.45) is -2.09. The number of nitroso groups, excluding NO2 is 1. The smallest absolute Gasteiger partial charge is 0.410 e. The summed E-state index contributed by atoms with van der Waals surface area (Å²) in [5, 5.41) is 2.79. The fourth-order valence-corrected chi connectivity index (χ4v) is 2.27. The number of hydrogen-bond donors (Lipinski definition) is 0. The number of amides is 1. The van der Waals surface area contributed by atoms with Gasteiger partial charge in [-0.1, -0.05) is 0 Å². The molecule has 2 rings (SSSR count). The van der Waals surface area contributed by atoms with E-state index in [2.05, 4.69) is 5.18 Å². The summed E-state index contributed by atoms with van der Waals surface area (Å²) < 4.78 is 25.1. The van der Waals surface area contributed by atoms with Crippen LogP contribution in [0.3, 0.4) is 0 Å². The van der Waals surface area contributed by atoms with Crippen molar-refractivity contribution in [2.45, 2.75) is 45.1 Å². The van der Waals surface area contributed by atoms with Crippen molar-refractivity contribution in [1.82, 2.24) is 4.90 Å². The van der Waals surface area contributed by atoms with Crippen molar-refractivity contribution < 1.29 is 18.7 Å². The zero-order valence-electron chi connectivity index (χ0n) is 13.5. The Morgan fingerprint density at radius 2 is 1.96 bits per heavy atom. The Balaban J connectivity index is 1.90. The van der Waals surface area contributed by atoms with Crippen LogP contribution in [0, 0.1) is 4.91 Å². The van der Waals surface area contributed by atoms with Crippen molar-refractivity contribution in [2.75, 3.05) is 13.1 Å². The fraction of sp³-hybridized carbons (Fsp3) is 0.562. The molecule has 2 unspecified atom stereocenters.